The Kier molecular flexibility index (Phi) is 7.81. The predicted molar refractivity (Wildman–Crippen MR) is 122 cm³/mol. The number of benzene rings is 1. The molecule has 29 heavy (non-hydrogen) atoms. The van der Waals surface area contributed by atoms with Crippen LogP contribution >= 0.6 is 12.2 Å². The van der Waals surface area contributed by atoms with Gasteiger partial charge in [-0.2, -0.15) is 5.10 Å². The molecule has 5 nitrogen and oxygen atoms in total. The topological polar surface area (TPSA) is 73.7 Å². The summed E-state index contributed by atoms with van der Waals surface area (Å²) in [5, 5.41) is 17.0. The van der Waals surface area contributed by atoms with Crippen molar-refractivity contribution >= 4 is 34.7 Å². The van der Waals surface area contributed by atoms with Gasteiger partial charge in [-0.25, -0.2) is 0 Å². The van der Waals surface area contributed by atoms with E-state index in [1.165, 1.54) is 19.3 Å². The van der Waals surface area contributed by atoms with Gasteiger partial charge in [0.05, 0.1) is 0 Å². The summed E-state index contributed by atoms with van der Waals surface area (Å²) in [6.07, 6.45) is 11.2. The normalized spacial score (nSPS) is 26.0. The first kappa shape index (κ1) is 21.5. The van der Waals surface area contributed by atoms with Crippen LogP contribution in [0.25, 0.3) is 0 Å². The van der Waals surface area contributed by atoms with E-state index in [1.54, 1.807) is 0 Å². The lowest BCUT2D eigenvalue weighted by Crippen LogP contribution is -2.31. The monoisotopic (exact) mass is 413 g/mol. The molecule has 3 rings (SSSR count). The summed E-state index contributed by atoms with van der Waals surface area (Å²) in [5.41, 5.74) is 5.10. The predicted octanol–water partition coefficient (Wildman–Crippen LogP) is 5.21. The van der Waals surface area contributed by atoms with Crippen molar-refractivity contribution < 1.29 is 9.90 Å². The number of allylic oxidation sites excluding steroid dienone is 2. The molecule has 1 aromatic carbocycles. The zero-order valence-corrected chi connectivity index (χ0v) is 17.8. The van der Waals surface area contributed by atoms with Crippen molar-refractivity contribution in [3.05, 3.63) is 42.5 Å². The lowest BCUT2D eigenvalue weighted by atomic mass is 9.75. The quantitative estimate of drug-likeness (QED) is 0.170. The van der Waals surface area contributed by atoms with Gasteiger partial charge in [0, 0.05) is 23.7 Å². The van der Waals surface area contributed by atoms with E-state index in [0.717, 1.165) is 36.1 Å². The molecule has 4 atom stereocenters. The van der Waals surface area contributed by atoms with E-state index in [2.05, 4.69) is 34.9 Å². The molecule has 2 aliphatic carbocycles. The number of aliphatic carboxylic acids is 1. The highest BCUT2D eigenvalue weighted by Crippen LogP contribution is 2.54. The number of anilines is 1. The highest BCUT2D eigenvalue weighted by Gasteiger charge is 2.47. The minimum absolute atomic E-state index is 0.245. The lowest BCUT2D eigenvalue weighted by Gasteiger charge is -2.30. The minimum atomic E-state index is -0.717. The van der Waals surface area contributed by atoms with E-state index in [-0.39, 0.29) is 6.42 Å². The first-order valence-corrected chi connectivity index (χ1v) is 11.0. The molecule has 0 saturated heterocycles. The maximum atomic E-state index is 10.6. The minimum Gasteiger partial charge on any atom is -0.481 e. The van der Waals surface area contributed by atoms with Crippen molar-refractivity contribution in [3.63, 3.8) is 0 Å². The van der Waals surface area contributed by atoms with Crippen molar-refractivity contribution in [2.24, 2.45) is 28.8 Å². The van der Waals surface area contributed by atoms with Gasteiger partial charge in [-0.3, -0.25) is 10.2 Å². The van der Waals surface area contributed by atoms with Crippen LogP contribution in [0.15, 0.2) is 47.6 Å². The Morgan fingerprint density at radius 3 is 2.76 bits per heavy atom. The number of hydrogen-bond donors (Lipinski definition) is 3. The first-order chi connectivity index (χ1) is 14.0. The van der Waals surface area contributed by atoms with E-state index >= 15 is 0 Å². The molecule has 2 fully saturated rings. The highest BCUT2D eigenvalue weighted by molar-refractivity contribution is 7.80. The Hall–Kier alpha value is -2.21. The Morgan fingerprint density at radius 1 is 1.24 bits per heavy atom. The maximum absolute atomic E-state index is 10.6. The number of nitrogens with one attached hydrogen (secondary N) is 2. The smallest absolute Gasteiger partial charge is 0.303 e. The summed E-state index contributed by atoms with van der Waals surface area (Å²) in [6, 6.07) is 9.85. The van der Waals surface area contributed by atoms with Gasteiger partial charge in [-0.1, -0.05) is 30.4 Å². The van der Waals surface area contributed by atoms with Gasteiger partial charge in [0.2, 0.25) is 0 Å². The van der Waals surface area contributed by atoms with Gasteiger partial charge in [0.15, 0.2) is 5.11 Å². The summed E-state index contributed by atoms with van der Waals surface area (Å²) >= 11 is 5.37. The second-order valence-corrected chi connectivity index (χ2v) is 8.61. The third-order valence-electron chi connectivity index (χ3n) is 6.27. The van der Waals surface area contributed by atoms with E-state index in [1.807, 2.05) is 30.3 Å². The molecule has 3 N–H and O–H groups in total. The second-order valence-electron chi connectivity index (χ2n) is 8.20. The number of thiocarbonyl (C=S) groups is 1. The van der Waals surface area contributed by atoms with E-state index in [0.29, 0.717) is 23.4 Å². The molecule has 156 valence electrons. The molecular weight excluding hydrogens is 382 g/mol. The summed E-state index contributed by atoms with van der Waals surface area (Å²) in [5.74, 6) is 1.93. The van der Waals surface area contributed by atoms with Crippen LogP contribution < -0.4 is 10.7 Å². The van der Waals surface area contributed by atoms with Crippen molar-refractivity contribution in [1.29, 1.82) is 0 Å². The molecule has 2 bridgehead atoms. The van der Waals surface area contributed by atoms with Crippen LogP contribution in [0.4, 0.5) is 5.69 Å². The molecule has 2 saturated carbocycles. The Balaban J connectivity index is 1.52. The number of fused-ring (bicyclic) bond motifs is 2. The van der Waals surface area contributed by atoms with Crippen molar-refractivity contribution in [2.45, 2.75) is 51.9 Å². The zero-order valence-electron chi connectivity index (χ0n) is 17.0. The molecule has 0 amide bonds. The number of hydrazone groups is 1. The van der Waals surface area contributed by atoms with Crippen molar-refractivity contribution in [1.82, 2.24) is 5.43 Å². The average molecular weight is 414 g/mol. The third-order valence-corrected chi connectivity index (χ3v) is 6.47. The number of carboxylic acid groups (broad SMARTS) is 1. The van der Waals surface area contributed by atoms with Gasteiger partial charge in [-0.15, -0.1) is 0 Å². The average Bonchev–Trinajstić information content (AvgIpc) is 3.31. The molecule has 0 radical (unpaired) electrons. The van der Waals surface area contributed by atoms with E-state index in [9.17, 15) is 4.79 Å². The van der Waals surface area contributed by atoms with Gasteiger partial charge < -0.3 is 10.4 Å². The van der Waals surface area contributed by atoms with Crippen LogP contribution in [-0.4, -0.2) is 21.9 Å². The van der Waals surface area contributed by atoms with Gasteiger partial charge >= 0.3 is 5.97 Å². The summed E-state index contributed by atoms with van der Waals surface area (Å²) in [6.45, 7) is 2.12. The Labute approximate surface area is 178 Å². The fourth-order valence-corrected chi connectivity index (χ4v) is 5.20. The SMILES string of the molecule is C/C(=N\NC(=S)Nc1ccccc1)[C@H]1[C@H]2CC[C@@H](C2)[C@@H]1C/C=C\CCCC(=O)O. The molecule has 0 aromatic heterocycles. The largest absolute Gasteiger partial charge is 0.481 e. The summed E-state index contributed by atoms with van der Waals surface area (Å²) < 4.78 is 0. The molecular formula is C23H31N3O2S. The van der Waals surface area contributed by atoms with Crippen LogP contribution in [0.2, 0.25) is 0 Å². The maximum Gasteiger partial charge on any atom is 0.303 e. The molecule has 0 heterocycles. The van der Waals surface area contributed by atoms with Crippen LogP contribution in [-0.2, 0) is 4.79 Å². The number of para-hydroxylation sites is 1. The van der Waals surface area contributed by atoms with E-state index < -0.39 is 5.97 Å². The fraction of sp³-hybridized carbons (Fsp3) is 0.522. The first-order valence-electron chi connectivity index (χ1n) is 10.6. The fourth-order valence-electron chi connectivity index (χ4n) is 5.04. The van der Waals surface area contributed by atoms with Crippen molar-refractivity contribution in [3.8, 4) is 0 Å². The number of hydrogen-bond acceptors (Lipinski definition) is 3. The van der Waals surface area contributed by atoms with E-state index in [4.69, 9.17) is 17.3 Å². The molecule has 0 spiro atoms. The third kappa shape index (κ3) is 6.13. The second kappa shape index (κ2) is 10.5. The van der Waals surface area contributed by atoms with Gasteiger partial charge in [0.1, 0.15) is 0 Å². The number of unbranched alkanes of at least 4 members (excludes halogenated alkanes) is 1. The Morgan fingerprint density at radius 2 is 2.00 bits per heavy atom. The molecule has 0 aliphatic heterocycles. The summed E-state index contributed by atoms with van der Waals surface area (Å²) in [7, 11) is 0. The van der Waals surface area contributed by atoms with Gasteiger partial charge in [-0.05, 0) is 87.6 Å². The van der Waals surface area contributed by atoms with Crippen LogP contribution in [0.5, 0.6) is 0 Å². The van der Waals surface area contributed by atoms with Crippen molar-refractivity contribution in [2.75, 3.05) is 5.32 Å². The number of rotatable bonds is 9. The number of carboxylic acids is 1. The van der Waals surface area contributed by atoms with Crippen LogP contribution in [0.3, 0.4) is 0 Å². The molecule has 2 aliphatic rings. The molecule has 0 unspecified atom stereocenters. The number of nitrogens with zero attached hydrogens (tertiary/aromatic N) is 1. The standard InChI is InChI=1S/C23H31N3O2S/c1-16(25-26-23(29)24-19-9-5-4-6-10-19)22-18-14-13-17(15-18)20(22)11-7-2-3-8-12-21(27)28/h2,4-7,9-10,17-18,20,22H,3,8,11-15H2,1H3,(H,27,28)(H2,24,26,29)/b7-2-,25-16+/t17-,18-,20-,22-/m0/s1. The van der Waals surface area contributed by atoms with Crippen LogP contribution in [0.1, 0.15) is 51.9 Å². The Bertz CT molecular complexity index is 763. The van der Waals surface area contributed by atoms with Gasteiger partial charge in [0.25, 0.3) is 0 Å². The summed E-state index contributed by atoms with van der Waals surface area (Å²) in [4.78, 5) is 10.6. The molecule has 1 aromatic rings. The lowest BCUT2D eigenvalue weighted by molar-refractivity contribution is -0.137. The number of carbonyl (C=O) groups is 1. The zero-order chi connectivity index (χ0) is 20.6. The molecule has 6 heteroatoms. The highest BCUT2D eigenvalue weighted by atomic mass is 32.1. The van der Waals surface area contributed by atoms with Crippen LogP contribution in [0, 0.1) is 23.7 Å².